The van der Waals surface area contributed by atoms with Gasteiger partial charge in [0.05, 0.1) is 6.54 Å². The van der Waals surface area contributed by atoms with Crippen molar-refractivity contribution in [3.05, 3.63) is 47.2 Å². The Morgan fingerprint density at radius 2 is 2.14 bits per heavy atom. The highest BCUT2D eigenvalue weighted by Crippen LogP contribution is 2.28. The van der Waals surface area contributed by atoms with E-state index < -0.39 is 0 Å². The van der Waals surface area contributed by atoms with Crippen molar-refractivity contribution in [3.63, 3.8) is 0 Å². The molecule has 0 unspecified atom stereocenters. The summed E-state index contributed by atoms with van der Waals surface area (Å²) in [6.07, 6.45) is 3.52. The van der Waals surface area contributed by atoms with Gasteiger partial charge in [0.2, 0.25) is 0 Å². The third-order valence-electron chi connectivity index (χ3n) is 4.22. The van der Waals surface area contributed by atoms with Crippen molar-refractivity contribution < 1.29 is 4.42 Å². The van der Waals surface area contributed by atoms with Gasteiger partial charge in [0.25, 0.3) is 0 Å². The van der Waals surface area contributed by atoms with E-state index in [1.54, 1.807) is 0 Å². The molecule has 21 heavy (non-hydrogen) atoms. The van der Waals surface area contributed by atoms with Crippen molar-refractivity contribution in [3.8, 4) is 0 Å². The number of hydrogen-bond donors (Lipinski definition) is 1. The predicted octanol–water partition coefficient (Wildman–Crippen LogP) is 3.69. The van der Waals surface area contributed by atoms with Crippen LogP contribution in [-0.2, 0) is 13.1 Å². The molecular formula is C18H24N2O. The van der Waals surface area contributed by atoms with E-state index >= 15 is 0 Å². The van der Waals surface area contributed by atoms with Crippen LogP contribution in [0.4, 0.5) is 0 Å². The monoisotopic (exact) mass is 284 g/mol. The Hall–Kier alpha value is -1.58. The highest BCUT2D eigenvalue weighted by atomic mass is 16.3. The topological polar surface area (TPSA) is 28.4 Å². The van der Waals surface area contributed by atoms with Crippen LogP contribution in [-0.4, -0.2) is 24.5 Å². The van der Waals surface area contributed by atoms with Crippen molar-refractivity contribution in [2.75, 3.05) is 19.6 Å². The fraction of sp³-hybridized carbons (Fsp3) is 0.444. The van der Waals surface area contributed by atoms with Crippen molar-refractivity contribution in [2.45, 2.75) is 33.4 Å². The van der Waals surface area contributed by atoms with E-state index in [2.05, 4.69) is 48.3 Å². The molecule has 0 bridgehead atoms. The molecule has 3 nitrogen and oxygen atoms in total. The van der Waals surface area contributed by atoms with E-state index in [9.17, 15) is 0 Å². The molecule has 0 saturated carbocycles. The maximum Gasteiger partial charge on any atom is 0.134 e. The second kappa shape index (κ2) is 6.46. The Labute approximate surface area is 126 Å². The second-order valence-corrected chi connectivity index (χ2v) is 5.82. The summed E-state index contributed by atoms with van der Waals surface area (Å²) in [6, 6.07) is 8.38. The molecule has 1 aromatic carbocycles. The minimum absolute atomic E-state index is 0.809. The lowest BCUT2D eigenvalue weighted by atomic mass is 10.1. The summed E-state index contributed by atoms with van der Waals surface area (Å²) >= 11 is 0. The molecule has 0 saturated heterocycles. The molecule has 1 aliphatic heterocycles. The van der Waals surface area contributed by atoms with Crippen LogP contribution in [0.25, 0.3) is 11.0 Å². The van der Waals surface area contributed by atoms with Crippen LogP contribution >= 0.6 is 0 Å². The molecule has 0 fully saturated rings. The first-order chi connectivity index (χ1) is 10.3. The zero-order chi connectivity index (χ0) is 14.7. The number of furan rings is 1. The third kappa shape index (κ3) is 3.20. The molecule has 0 atom stereocenters. The summed E-state index contributed by atoms with van der Waals surface area (Å²) in [6.45, 7) is 9.28. The molecule has 0 radical (unpaired) electrons. The van der Waals surface area contributed by atoms with Crippen molar-refractivity contribution in [1.29, 1.82) is 0 Å². The van der Waals surface area contributed by atoms with Gasteiger partial charge in [-0.05, 0) is 26.0 Å². The SMILES string of the molecule is CCNCc1oc2ccccc2c1CN1CC=C(C)CC1. The molecule has 0 spiro atoms. The number of para-hydroxylation sites is 1. The van der Waals surface area contributed by atoms with Gasteiger partial charge in [0.1, 0.15) is 11.3 Å². The van der Waals surface area contributed by atoms with Crippen molar-refractivity contribution in [2.24, 2.45) is 0 Å². The third-order valence-corrected chi connectivity index (χ3v) is 4.22. The van der Waals surface area contributed by atoms with E-state index in [-0.39, 0.29) is 0 Å². The zero-order valence-corrected chi connectivity index (χ0v) is 13.0. The molecule has 1 aromatic heterocycles. The Morgan fingerprint density at radius 1 is 1.29 bits per heavy atom. The molecule has 112 valence electrons. The summed E-state index contributed by atoms with van der Waals surface area (Å²) in [4.78, 5) is 2.50. The summed E-state index contributed by atoms with van der Waals surface area (Å²) in [7, 11) is 0. The molecule has 2 aromatic rings. The lowest BCUT2D eigenvalue weighted by Crippen LogP contribution is -2.28. The van der Waals surface area contributed by atoms with Crippen molar-refractivity contribution >= 4 is 11.0 Å². The normalized spacial score (nSPS) is 16.4. The van der Waals surface area contributed by atoms with E-state index in [4.69, 9.17) is 4.42 Å². The zero-order valence-electron chi connectivity index (χ0n) is 13.0. The number of hydrogen-bond acceptors (Lipinski definition) is 3. The Bertz CT molecular complexity index is 642. The maximum atomic E-state index is 6.06. The first kappa shape index (κ1) is 14.4. The van der Waals surface area contributed by atoms with E-state index in [1.807, 2.05) is 6.07 Å². The fourth-order valence-corrected chi connectivity index (χ4v) is 2.88. The van der Waals surface area contributed by atoms with E-state index in [0.29, 0.717) is 0 Å². The number of rotatable bonds is 5. The van der Waals surface area contributed by atoms with Crippen molar-refractivity contribution in [1.82, 2.24) is 10.2 Å². The van der Waals surface area contributed by atoms with Crippen LogP contribution < -0.4 is 5.32 Å². The summed E-state index contributed by atoms with van der Waals surface area (Å²) in [5, 5.41) is 4.65. The fourth-order valence-electron chi connectivity index (χ4n) is 2.88. The van der Waals surface area contributed by atoms with Gasteiger partial charge in [-0.1, -0.05) is 36.8 Å². The van der Waals surface area contributed by atoms with Gasteiger partial charge < -0.3 is 9.73 Å². The number of nitrogens with one attached hydrogen (secondary N) is 1. The number of fused-ring (bicyclic) bond motifs is 1. The van der Waals surface area contributed by atoms with E-state index in [1.165, 1.54) is 22.9 Å². The largest absolute Gasteiger partial charge is 0.459 e. The highest BCUT2D eigenvalue weighted by molar-refractivity contribution is 5.82. The summed E-state index contributed by atoms with van der Waals surface area (Å²) in [5.41, 5.74) is 3.86. The molecule has 1 aliphatic rings. The molecule has 3 rings (SSSR count). The average Bonchev–Trinajstić information content (AvgIpc) is 2.85. The summed E-state index contributed by atoms with van der Waals surface area (Å²) < 4.78 is 6.06. The standard InChI is InChI=1S/C18H24N2O/c1-3-19-12-18-16(13-20-10-8-14(2)9-11-20)15-6-4-5-7-17(15)21-18/h4-8,19H,3,9-13H2,1-2H3. The molecule has 2 heterocycles. The molecule has 3 heteroatoms. The van der Waals surface area contributed by atoms with Crippen LogP contribution in [0.2, 0.25) is 0 Å². The van der Waals surface area contributed by atoms with Gasteiger partial charge in [0, 0.05) is 30.6 Å². The summed E-state index contributed by atoms with van der Waals surface area (Å²) in [5.74, 6) is 1.09. The van der Waals surface area contributed by atoms with Gasteiger partial charge in [0.15, 0.2) is 0 Å². The number of nitrogens with zero attached hydrogens (tertiary/aromatic N) is 1. The van der Waals surface area contributed by atoms with Gasteiger partial charge in [-0.25, -0.2) is 0 Å². The van der Waals surface area contributed by atoms with Crippen LogP contribution in [0.1, 0.15) is 31.6 Å². The lowest BCUT2D eigenvalue weighted by molar-refractivity contribution is 0.284. The van der Waals surface area contributed by atoms with Crippen LogP contribution in [0.5, 0.6) is 0 Å². The first-order valence-corrected chi connectivity index (χ1v) is 7.86. The van der Waals surface area contributed by atoms with Gasteiger partial charge in [-0.15, -0.1) is 0 Å². The van der Waals surface area contributed by atoms with Gasteiger partial charge in [-0.3, -0.25) is 4.90 Å². The van der Waals surface area contributed by atoms with Crippen LogP contribution in [0.15, 0.2) is 40.3 Å². The quantitative estimate of drug-likeness (QED) is 0.849. The van der Waals surface area contributed by atoms with Crippen LogP contribution in [0.3, 0.4) is 0 Å². The Morgan fingerprint density at radius 3 is 2.90 bits per heavy atom. The number of benzene rings is 1. The Kier molecular flexibility index (Phi) is 4.42. The Balaban J connectivity index is 1.87. The second-order valence-electron chi connectivity index (χ2n) is 5.82. The van der Waals surface area contributed by atoms with Crippen LogP contribution in [0, 0.1) is 0 Å². The van der Waals surface area contributed by atoms with E-state index in [0.717, 1.165) is 44.1 Å². The molecular weight excluding hydrogens is 260 g/mol. The predicted molar refractivity (Wildman–Crippen MR) is 87.2 cm³/mol. The highest BCUT2D eigenvalue weighted by Gasteiger charge is 2.17. The molecule has 0 aliphatic carbocycles. The first-order valence-electron chi connectivity index (χ1n) is 7.86. The smallest absolute Gasteiger partial charge is 0.134 e. The lowest BCUT2D eigenvalue weighted by Gasteiger charge is -2.25. The maximum absolute atomic E-state index is 6.06. The minimum atomic E-state index is 0.809. The molecule has 1 N–H and O–H groups in total. The minimum Gasteiger partial charge on any atom is -0.459 e. The average molecular weight is 284 g/mol. The van der Waals surface area contributed by atoms with Gasteiger partial charge in [-0.2, -0.15) is 0 Å². The van der Waals surface area contributed by atoms with Gasteiger partial charge >= 0.3 is 0 Å². The molecule has 0 amide bonds.